The fourth-order valence-electron chi connectivity index (χ4n) is 1.60. The minimum absolute atomic E-state index is 0.0178. The lowest BCUT2D eigenvalue weighted by Gasteiger charge is -2.37. The van der Waals surface area contributed by atoms with Crippen LogP contribution in [-0.2, 0) is 21.8 Å². The monoisotopic (exact) mass is 299 g/mol. The van der Waals surface area contributed by atoms with E-state index in [0.29, 0.717) is 0 Å². The third kappa shape index (κ3) is 3.25. The van der Waals surface area contributed by atoms with E-state index in [0.717, 1.165) is 4.31 Å². The average molecular weight is 299 g/mol. The molecule has 2 rings (SSSR count). The van der Waals surface area contributed by atoms with Gasteiger partial charge in [0.25, 0.3) is 0 Å². The number of nitrogens with zero attached hydrogens (tertiary/aromatic N) is 3. The number of ether oxygens (including phenoxy) is 1. The quantitative estimate of drug-likeness (QED) is 0.806. The van der Waals surface area contributed by atoms with Gasteiger partial charge in [0.15, 0.2) is 0 Å². The van der Waals surface area contributed by atoms with E-state index in [2.05, 4.69) is 9.84 Å². The molecule has 6 nitrogen and oxygen atoms in total. The Balaban J connectivity index is 1.90. The third-order valence-electron chi connectivity index (χ3n) is 2.62. The Labute approximate surface area is 107 Å². The van der Waals surface area contributed by atoms with Crippen LogP contribution in [-0.4, -0.2) is 54.5 Å². The molecule has 1 aromatic heterocycles. The largest absolute Gasteiger partial charge is 0.411 e. The lowest BCUT2D eigenvalue weighted by molar-refractivity contribution is -0.194. The number of aromatic nitrogens is 2. The van der Waals surface area contributed by atoms with Crippen molar-refractivity contribution in [2.45, 2.75) is 17.2 Å². The lowest BCUT2D eigenvalue weighted by Crippen LogP contribution is -2.55. The summed E-state index contributed by atoms with van der Waals surface area (Å²) in [5, 5.41) is 3.74. The predicted octanol–water partition coefficient (Wildman–Crippen LogP) is 0.372. The summed E-state index contributed by atoms with van der Waals surface area (Å²) in [6, 6.07) is 0. The van der Waals surface area contributed by atoms with Gasteiger partial charge >= 0.3 is 6.18 Å². The van der Waals surface area contributed by atoms with Gasteiger partial charge in [-0.05, 0) is 0 Å². The van der Waals surface area contributed by atoms with Gasteiger partial charge in [-0.1, -0.05) is 0 Å². The minimum atomic E-state index is -4.40. The van der Waals surface area contributed by atoms with Crippen molar-refractivity contribution in [1.29, 1.82) is 0 Å². The van der Waals surface area contributed by atoms with E-state index in [1.54, 1.807) is 7.05 Å². The van der Waals surface area contributed by atoms with Crippen LogP contribution in [0.15, 0.2) is 17.3 Å². The van der Waals surface area contributed by atoms with E-state index in [4.69, 9.17) is 0 Å². The van der Waals surface area contributed by atoms with Crippen molar-refractivity contribution in [1.82, 2.24) is 14.1 Å². The van der Waals surface area contributed by atoms with E-state index in [9.17, 15) is 21.6 Å². The zero-order valence-electron chi connectivity index (χ0n) is 9.96. The van der Waals surface area contributed by atoms with Crippen LogP contribution in [0.2, 0.25) is 0 Å². The maximum absolute atomic E-state index is 12.0. The first kappa shape index (κ1) is 14.3. The van der Waals surface area contributed by atoms with Crippen molar-refractivity contribution in [2.24, 2.45) is 7.05 Å². The number of hydrogen-bond donors (Lipinski definition) is 0. The number of hydrogen-bond acceptors (Lipinski definition) is 4. The van der Waals surface area contributed by atoms with Crippen LogP contribution in [0.4, 0.5) is 13.2 Å². The van der Waals surface area contributed by atoms with E-state index >= 15 is 0 Å². The highest BCUT2D eigenvalue weighted by molar-refractivity contribution is 7.89. The van der Waals surface area contributed by atoms with Crippen molar-refractivity contribution in [3.63, 3.8) is 0 Å². The third-order valence-corrected chi connectivity index (χ3v) is 4.40. The van der Waals surface area contributed by atoms with Crippen LogP contribution in [0.3, 0.4) is 0 Å². The molecular weight excluding hydrogens is 287 g/mol. The predicted molar refractivity (Wildman–Crippen MR) is 57.8 cm³/mol. The Hall–Kier alpha value is -1.13. The molecule has 0 unspecified atom stereocenters. The van der Waals surface area contributed by atoms with Gasteiger partial charge in [-0.15, -0.1) is 0 Å². The number of rotatable bonds is 4. The molecule has 108 valence electrons. The Morgan fingerprint density at radius 2 is 2.11 bits per heavy atom. The van der Waals surface area contributed by atoms with Crippen LogP contribution in [0.5, 0.6) is 0 Å². The zero-order chi connectivity index (χ0) is 14.3. The van der Waals surface area contributed by atoms with Crippen LogP contribution in [0.1, 0.15) is 0 Å². The maximum Gasteiger partial charge on any atom is 0.411 e. The lowest BCUT2D eigenvalue weighted by atomic mass is 10.2. The highest BCUT2D eigenvalue weighted by atomic mass is 32.2. The second kappa shape index (κ2) is 4.76. The molecule has 0 N–H and O–H groups in total. The first-order valence-corrected chi connectivity index (χ1v) is 6.79. The molecule has 2 heterocycles. The molecule has 1 fully saturated rings. The van der Waals surface area contributed by atoms with Gasteiger partial charge in [0.2, 0.25) is 10.0 Å². The number of sulfonamides is 1. The summed E-state index contributed by atoms with van der Waals surface area (Å²) in [5.74, 6) is 0. The molecule has 19 heavy (non-hydrogen) atoms. The van der Waals surface area contributed by atoms with Crippen LogP contribution >= 0.6 is 0 Å². The molecule has 0 radical (unpaired) electrons. The second-order valence-electron chi connectivity index (χ2n) is 4.22. The van der Waals surface area contributed by atoms with Gasteiger partial charge in [-0.2, -0.15) is 22.6 Å². The van der Waals surface area contributed by atoms with Crippen LogP contribution in [0, 0.1) is 0 Å². The number of halogens is 3. The first-order valence-electron chi connectivity index (χ1n) is 5.35. The van der Waals surface area contributed by atoms with Gasteiger partial charge in [0, 0.05) is 26.3 Å². The Morgan fingerprint density at radius 1 is 1.47 bits per heavy atom. The van der Waals surface area contributed by atoms with E-state index in [-0.39, 0.29) is 18.0 Å². The molecule has 1 aromatic rings. The SMILES string of the molecule is Cn1cc(S(=O)(=O)N2CC(OCC(F)(F)F)C2)cn1. The van der Waals surface area contributed by atoms with Gasteiger partial charge in [0.05, 0.1) is 12.3 Å². The highest BCUT2D eigenvalue weighted by Gasteiger charge is 2.40. The Bertz CT molecular complexity index is 549. The maximum atomic E-state index is 12.0. The summed E-state index contributed by atoms with van der Waals surface area (Å²) in [5.41, 5.74) is 0. The minimum Gasteiger partial charge on any atom is -0.366 e. The average Bonchev–Trinajstić information content (AvgIpc) is 2.60. The first-order chi connectivity index (χ1) is 8.68. The second-order valence-corrected chi connectivity index (χ2v) is 6.16. The molecule has 0 aliphatic carbocycles. The van der Waals surface area contributed by atoms with Gasteiger partial charge < -0.3 is 4.74 Å². The number of aryl methyl sites for hydroxylation is 1. The molecular formula is C9H12F3N3O3S. The summed E-state index contributed by atoms with van der Waals surface area (Å²) < 4.78 is 66.6. The molecule has 0 spiro atoms. The molecule has 1 saturated heterocycles. The number of alkyl halides is 3. The van der Waals surface area contributed by atoms with Crippen molar-refractivity contribution < 1.29 is 26.3 Å². The van der Waals surface area contributed by atoms with E-state index in [1.807, 2.05) is 0 Å². The van der Waals surface area contributed by atoms with E-state index in [1.165, 1.54) is 17.1 Å². The summed E-state index contributed by atoms with van der Waals surface area (Å²) in [6.07, 6.45) is -2.59. The van der Waals surface area contributed by atoms with Crippen molar-refractivity contribution >= 4 is 10.0 Å². The van der Waals surface area contributed by atoms with Crippen LogP contribution < -0.4 is 0 Å². The highest BCUT2D eigenvalue weighted by Crippen LogP contribution is 2.24. The molecule has 0 saturated carbocycles. The topological polar surface area (TPSA) is 64.4 Å². The smallest absolute Gasteiger partial charge is 0.366 e. The van der Waals surface area contributed by atoms with Gasteiger partial charge in [0.1, 0.15) is 11.5 Å². The molecule has 10 heteroatoms. The van der Waals surface area contributed by atoms with Gasteiger partial charge in [-0.25, -0.2) is 8.42 Å². The fraction of sp³-hybridized carbons (Fsp3) is 0.667. The molecule has 0 aromatic carbocycles. The molecule has 1 aliphatic heterocycles. The Kier molecular flexibility index (Phi) is 3.58. The summed E-state index contributed by atoms with van der Waals surface area (Å²) >= 11 is 0. The summed E-state index contributed by atoms with van der Waals surface area (Å²) in [4.78, 5) is 0.0178. The standard InChI is InChI=1S/C9H12F3N3O3S/c1-14-5-8(2-13-14)19(16,17)15-3-7(4-15)18-6-9(10,11)12/h2,5,7H,3-4,6H2,1H3. The summed E-state index contributed by atoms with van der Waals surface area (Å²) in [6.45, 7) is -1.51. The summed E-state index contributed by atoms with van der Waals surface area (Å²) in [7, 11) is -2.11. The fourth-order valence-corrected chi connectivity index (χ4v) is 3.09. The van der Waals surface area contributed by atoms with Crippen LogP contribution in [0.25, 0.3) is 0 Å². The van der Waals surface area contributed by atoms with Crippen molar-refractivity contribution in [3.05, 3.63) is 12.4 Å². The normalized spacial score (nSPS) is 18.5. The molecule has 0 atom stereocenters. The molecule has 1 aliphatic rings. The van der Waals surface area contributed by atoms with E-state index < -0.39 is 28.9 Å². The van der Waals surface area contributed by atoms with Crippen molar-refractivity contribution in [2.75, 3.05) is 19.7 Å². The van der Waals surface area contributed by atoms with Crippen molar-refractivity contribution in [3.8, 4) is 0 Å². The molecule has 0 bridgehead atoms. The molecule has 0 amide bonds. The zero-order valence-corrected chi connectivity index (χ0v) is 10.8. The van der Waals surface area contributed by atoms with Gasteiger partial charge in [-0.3, -0.25) is 4.68 Å². The Morgan fingerprint density at radius 3 is 2.58 bits per heavy atom.